The first kappa shape index (κ1) is 31.6. The third-order valence-corrected chi connectivity index (χ3v) is 6.44. The van der Waals surface area contributed by atoms with Crippen molar-refractivity contribution < 1.29 is 29.4 Å². The zero-order valence-electron chi connectivity index (χ0n) is 22.7. The first-order valence-electron chi connectivity index (χ1n) is 13.2. The lowest BCUT2D eigenvalue weighted by atomic mass is 10.0. The number of rotatable bonds is 16. The lowest BCUT2D eigenvalue weighted by molar-refractivity contribution is -0.143. The number of carbonyl (C=O) groups excluding carboxylic acids is 3. The van der Waals surface area contributed by atoms with Gasteiger partial charge in [0.05, 0.1) is 19.0 Å². The second-order valence-electron chi connectivity index (χ2n) is 9.60. The number of para-hydroxylation sites is 1. The summed E-state index contributed by atoms with van der Waals surface area (Å²) in [4.78, 5) is 64.8. The van der Waals surface area contributed by atoms with Crippen LogP contribution in [0.1, 0.15) is 24.1 Å². The predicted molar refractivity (Wildman–Crippen MR) is 153 cm³/mol. The summed E-state index contributed by atoms with van der Waals surface area (Å²) in [7, 11) is 0. The molecule has 0 aliphatic carbocycles. The van der Waals surface area contributed by atoms with Gasteiger partial charge in [0.15, 0.2) is 5.96 Å². The van der Waals surface area contributed by atoms with E-state index in [1.54, 1.807) is 6.20 Å². The van der Waals surface area contributed by atoms with Gasteiger partial charge < -0.3 is 53.3 Å². The first-order chi connectivity index (χ1) is 20.1. The van der Waals surface area contributed by atoms with Gasteiger partial charge in [-0.1, -0.05) is 18.2 Å². The van der Waals surface area contributed by atoms with Crippen LogP contribution in [0, 0.1) is 0 Å². The summed E-state index contributed by atoms with van der Waals surface area (Å²) in [6.07, 6.45) is 5.18. The molecule has 0 saturated carbocycles. The van der Waals surface area contributed by atoms with Crippen LogP contribution in [0.5, 0.6) is 0 Å². The highest BCUT2D eigenvalue weighted by molar-refractivity contribution is 5.95. The molecule has 0 aliphatic heterocycles. The summed E-state index contributed by atoms with van der Waals surface area (Å²) in [5.41, 5.74) is 19.0. The Kier molecular flexibility index (Phi) is 11.4. The molecule has 3 amide bonds. The number of aliphatic hydroxyl groups excluding tert-OH is 1. The Morgan fingerprint density at radius 3 is 2.31 bits per heavy atom. The number of fused-ring (bicyclic) bond motifs is 1. The minimum atomic E-state index is -1.59. The Balaban J connectivity index is 1.82. The number of carbonyl (C=O) groups is 4. The minimum absolute atomic E-state index is 0.0270. The third kappa shape index (κ3) is 9.03. The molecular weight excluding hydrogens is 548 g/mol. The predicted octanol–water partition coefficient (Wildman–Crippen LogP) is -2.41. The van der Waals surface area contributed by atoms with Gasteiger partial charge in [-0.2, -0.15) is 0 Å². The van der Waals surface area contributed by atoms with E-state index in [1.807, 2.05) is 24.3 Å². The van der Waals surface area contributed by atoms with E-state index >= 15 is 0 Å². The Bertz CT molecular complexity index is 1390. The Hall–Kier alpha value is -4.96. The molecule has 3 aromatic rings. The summed E-state index contributed by atoms with van der Waals surface area (Å²) in [5.74, 6) is -3.76. The van der Waals surface area contributed by atoms with E-state index in [0.29, 0.717) is 5.69 Å². The maximum Gasteiger partial charge on any atom is 0.328 e. The molecule has 4 unspecified atom stereocenters. The zero-order valence-corrected chi connectivity index (χ0v) is 22.7. The van der Waals surface area contributed by atoms with Crippen LogP contribution in [0.4, 0.5) is 0 Å². The van der Waals surface area contributed by atoms with Crippen LogP contribution in [0.15, 0.2) is 48.0 Å². The number of aromatic nitrogens is 3. The third-order valence-electron chi connectivity index (χ3n) is 6.44. The number of H-pyrrole nitrogens is 2. The lowest BCUT2D eigenvalue weighted by Crippen LogP contribution is -2.58. The molecule has 3 rings (SSSR count). The summed E-state index contributed by atoms with van der Waals surface area (Å²) in [5, 5.41) is 26.9. The van der Waals surface area contributed by atoms with Gasteiger partial charge in [0, 0.05) is 48.4 Å². The van der Waals surface area contributed by atoms with Gasteiger partial charge in [-0.05, 0) is 24.5 Å². The quantitative estimate of drug-likeness (QED) is 0.0483. The number of aliphatic hydroxyl groups is 1. The molecule has 0 fully saturated rings. The van der Waals surface area contributed by atoms with Gasteiger partial charge in [0.2, 0.25) is 17.7 Å². The van der Waals surface area contributed by atoms with Gasteiger partial charge in [-0.3, -0.25) is 19.4 Å². The average Bonchev–Trinajstić information content (AvgIpc) is 3.62. The number of amides is 3. The molecule has 226 valence electrons. The Morgan fingerprint density at radius 1 is 0.952 bits per heavy atom. The number of nitrogens with two attached hydrogens (primary N) is 3. The van der Waals surface area contributed by atoms with E-state index in [1.165, 1.54) is 12.5 Å². The lowest BCUT2D eigenvalue weighted by Gasteiger charge is -2.25. The van der Waals surface area contributed by atoms with Crippen molar-refractivity contribution in [2.24, 2.45) is 22.2 Å². The molecule has 0 radical (unpaired) electrons. The van der Waals surface area contributed by atoms with Crippen molar-refractivity contribution in [2.75, 3.05) is 13.2 Å². The Morgan fingerprint density at radius 2 is 1.64 bits per heavy atom. The van der Waals surface area contributed by atoms with Crippen LogP contribution >= 0.6 is 0 Å². The number of imidazole rings is 1. The minimum Gasteiger partial charge on any atom is -0.480 e. The molecule has 4 atom stereocenters. The highest BCUT2D eigenvalue weighted by Crippen LogP contribution is 2.19. The monoisotopic (exact) mass is 584 g/mol. The number of aliphatic carboxylic acids is 1. The fraction of sp³-hybridized carbons (Fsp3) is 0.385. The van der Waals surface area contributed by atoms with Crippen LogP contribution in [0.2, 0.25) is 0 Å². The van der Waals surface area contributed by atoms with Crippen molar-refractivity contribution >= 4 is 40.6 Å². The van der Waals surface area contributed by atoms with E-state index in [-0.39, 0.29) is 38.2 Å². The molecule has 16 heteroatoms. The fourth-order valence-electron chi connectivity index (χ4n) is 4.24. The molecule has 1 aromatic carbocycles. The van der Waals surface area contributed by atoms with E-state index in [9.17, 15) is 29.4 Å². The zero-order chi connectivity index (χ0) is 30.6. The number of benzene rings is 1. The number of carboxylic acid groups (broad SMARTS) is 1. The van der Waals surface area contributed by atoms with Gasteiger partial charge >= 0.3 is 5.97 Å². The summed E-state index contributed by atoms with van der Waals surface area (Å²) in [6, 6.07) is 2.43. The van der Waals surface area contributed by atoms with Crippen LogP contribution in [-0.2, 0) is 32.0 Å². The van der Waals surface area contributed by atoms with Gasteiger partial charge in [0.25, 0.3) is 0 Å². The normalized spacial score (nSPS) is 13.9. The molecule has 2 heterocycles. The SMILES string of the molecule is NC(N)=NCCCC(NC(=O)C(Cc1c[nH]c2ccccc12)NC(=O)C(N)Cc1cnc[nH]1)C(=O)NC(CO)C(=O)O. The van der Waals surface area contributed by atoms with Gasteiger partial charge in [-0.25, -0.2) is 9.78 Å². The van der Waals surface area contributed by atoms with Crippen molar-refractivity contribution in [1.82, 2.24) is 30.9 Å². The number of nitrogens with one attached hydrogen (secondary N) is 5. The molecular formula is C26H36N10O6. The number of guanidine groups is 1. The molecule has 0 spiro atoms. The van der Waals surface area contributed by atoms with Crippen molar-refractivity contribution in [2.45, 2.75) is 49.9 Å². The smallest absolute Gasteiger partial charge is 0.328 e. The van der Waals surface area contributed by atoms with E-state index in [0.717, 1.165) is 16.5 Å². The number of nitrogens with zero attached hydrogens (tertiary/aromatic N) is 2. The average molecular weight is 585 g/mol. The first-order valence-corrected chi connectivity index (χ1v) is 13.2. The summed E-state index contributed by atoms with van der Waals surface area (Å²) >= 11 is 0. The number of hydrogen-bond donors (Lipinski definition) is 10. The van der Waals surface area contributed by atoms with Gasteiger partial charge in [-0.15, -0.1) is 0 Å². The maximum absolute atomic E-state index is 13.6. The largest absolute Gasteiger partial charge is 0.480 e. The van der Waals surface area contributed by atoms with Crippen molar-refractivity contribution in [1.29, 1.82) is 0 Å². The molecule has 0 aliphatic rings. The number of carboxylic acids is 1. The number of aliphatic imine (C=N–C) groups is 1. The molecule has 16 nitrogen and oxygen atoms in total. The second kappa shape index (κ2) is 15.2. The van der Waals surface area contributed by atoms with E-state index in [2.05, 4.69) is 35.9 Å². The summed E-state index contributed by atoms with van der Waals surface area (Å²) < 4.78 is 0. The maximum atomic E-state index is 13.6. The molecule has 42 heavy (non-hydrogen) atoms. The molecule has 2 aromatic heterocycles. The topological polar surface area (TPSA) is 280 Å². The molecule has 0 saturated heterocycles. The molecule has 13 N–H and O–H groups in total. The van der Waals surface area contributed by atoms with Crippen LogP contribution in [0.25, 0.3) is 10.9 Å². The van der Waals surface area contributed by atoms with Crippen LogP contribution in [-0.4, -0.2) is 92.1 Å². The fourth-order valence-corrected chi connectivity index (χ4v) is 4.24. The second-order valence-corrected chi connectivity index (χ2v) is 9.60. The van der Waals surface area contributed by atoms with Crippen molar-refractivity contribution in [3.8, 4) is 0 Å². The van der Waals surface area contributed by atoms with E-state index < -0.39 is 54.5 Å². The number of aromatic amines is 2. The highest BCUT2D eigenvalue weighted by Gasteiger charge is 2.30. The molecule has 0 bridgehead atoms. The van der Waals surface area contributed by atoms with Crippen molar-refractivity contribution in [3.05, 3.63) is 54.2 Å². The standard InChI is InChI=1S/C26H36N10O6/c27-17(9-15-11-30-13-33-15)22(38)35-20(8-14-10-32-18-5-2-1-4-16(14)18)24(40)34-19(6-3-7-31-26(28)29)23(39)36-21(12-37)25(41)42/h1-2,4-5,10-11,13,17,19-21,32,37H,3,6-9,12,27H2,(H,30,33)(H,34,40)(H,35,38)(H,36,39)(H,41,42)(H4,28,29,31). The number of hydrogen-bond acceptors (Lipinski definition) is 8. The Labute approximate surface area is 240 Å². The van der Waals surface area contributed by atoms with E-state index in [4.69, 9.17) is 17.2 Å². The van der Waals surface area contributed by atoms with Crippen LogP contribution < -0.4 is 33.2 Å². The summed E-state index contributed by atoms with van der Waals surface area (Å²) in [6.45, 7) is -0.717. The van der Waals surface area contributed by atoms with Gasteiger partial charge in [0.1, 0.15) is 18.1 Å². The van der Waals surface area contributed by atoms with Crippen molar-refractivity contribution in [3.63, 3.8) is 0 Å². The highest BCUT2D eigenvalue weighted by atomic mass is 16.4. The van der Waals surface area contributed by atoms with Crippen LogP contribution in [0.3, 0.4) is 0 Å².